The zero-order chi connectivity index (χ0) is 15.1. The van der Waals surface area contributed by atoms with Gasteiger partial charge >= 0.3 is 0 Å². The van der Waals surface area contributed by atoms with Gasteiger partial charge in [-0.3, -0.25) is 4.79 Å². The van der Waals surface area contributed by atoms with Crippen LogP contribution in [0.15, 0.2) is 0 Å². The second-order valence-corrected chi connectivity index (χ2v) is 4.48. The van der Waals surface area contributed by atoms with Crippen LogP contribution >= 0.6 is 0 Å². The van der Waals surface area contributed by atoms with Crippen molar-refractivity contribution in [3.8, 4) is 0 Å². The summed E-state index contributed by atoms with van der Waals surface area (Å²) in [6, 6.07) is 0. The molecule has 3 N–H and O–H groups in total. The Morgan fingerprint density at radius 3 is 2.57 bits per heavy atom. The number of anilines is 3. The second kappa shape index (κ2) is 7.58. The maximum Gasteiger partial charge on any atom is 0.232 e. The first-order chi connectivity index (χ1) is 10.2. The smallest absolute Gasteiger partial charge is 0.232 e. The van der Waals surface area contributed by atoms with E-state index in [1.807, 2.05) is 0 Å². The number of carbonyl (C=O) groups excluding carboxylic acids is 1. The summed E-state index contributed by atoms with van der Waals surface area (Å²) in [7, 11) is 3.37. The topological polar surface area (TPSA) is 104 Å². The third kappa shape index (κ3) is 4.42. The van der Waals surface area contributed by atoms with Crippen LogP contribution in [0, 0.1) is 0 Å². The van der Waals surface area contributed by atoms with Gasteiger partial charge in [-0.25, -0.2) is 0 Å². The summed E-state index contributed by atoms with van der Waals surface area (Å²) >= 11 is 0. The Morgan fingerprint density at radius 1 is 1.19 bits per heavy atom. The molecule has 1 aliphatic heterocycles. The molecule has 0 atom stereocenters. The Morgan fingerprint density at radius 2 is 1.90 bits per heavy atom. The van der Waals surface area contributed by atoms with Crippen LogP contribution in [0.5, 0.6) is 0 Å². The number of rotatable bonds is 6. The first-order valence-corrected chi connectivity index (χ1v) is 6.94. The number of hydrogen-bond donors (Lipinski definition) is 3. The number of nitrogens with zero attached hydrogens (tertiary/aromatic N) is 4. The summed E-state index contributed by atoms with van der Waals surface area (Å²) in [5.74, 6) is 1.53. The monoisotopic (exact) mass is 295 g/mol. The Kier molecular flexibility index (Phi) is 5.50. The predicted octanol–water partition coefficient (Wildman–Crippen LogP) is -0.702. The lowest BCUT2D eigenvalue weighted by Gasteiger charge is -2.27. The lowest BCUT2D eigenvalue weighted by atomic mass is 10.4. The molecule has 9 nitrogen and oxygen atoms in total. The quantitative estimate of drug-likeness (QED) is 0.633. The van der Waals surface area contributed by atoms with Crippen LogP contribution in [0.3, 0.4) is 0 Å². The van der Waals surface area contributed by atoms with Crippen molar-refractivity contribution in [2.75, 3.05) is 62.5 Å². The molecule has 0 bridgehead atoms. The van der Waals surface area contributed by atoms with Crippen molar-refractivity contribution in [3.05, 3.63) is 0 Å². The second-order valence-electron chi connectivity index (χ2n) is 4.48. The Labute approximate surface area is 123 Å². The van der Waals surface area contributed by atoms with E-state index >= 15 is 0 Å². The number of carbonyl (C=O) groups is 1. The van der Waals surface area contributed by atoms with Crippen LogP contribution < -0.4 is 20.9 Å². The normalized spacial score (nSPS) is 14.7. The molecule has 2 rings (SSSR count). The van der Waals surface area contributed by atoms with Gasteiger partial charge in [0.1, 0.15) is 0 Å². The third-order valence-electron chi connectivity index (χ3n) is 3.06. The lowest BCUT2D eigenvalue weighted by molar-refractivity contribution is -0.120. The van der Waals surface area contributed by atoms with Gasteiger partial charge in [-0.1, -0.05) is 0 Å². The van der Waals surface area contributed by atoms with Crippen LogP contribution in [0.1, 0.15) is 6.42 Å². The zero-order valence-corrected chi connectivity index (χ0v) is 12.3. The Hall–Kier alpha value is -2.16. The number of aromatic nitrogens is 3. The van der Waals surface area contributed by atoms with Gasteiger partial charge in [-0.15, -0.1) is 0 Å². The molecule has 0 aliphatic carbocycles. The van der Waals surface area contributed by atoms with Gasteiger partial charge in [0, 0.05) is 40.2 Å². The van der Waals surface area contributed by atoms with Crippen LogP contribution in [0.4, 0.5) is 17.8 Å². The SMILES string of the molecule is CNC(=O)CCNc1nc(NC)nc(N2CCOCC2)n1. The van der Waals surface area contributed by atoms with E-state index in [-0.39, 0.29) is 5.91 Å². The minimum absolute atomic E-state index is 0.0289. The summed E-state index contributed by atoms with van der Waals surface area (Å²) in [6.07, 6.45) is 0.365. The average molecular weight is 295 g/mol. The molecule has 1 aromatic heterocycles. The molecule has 0 saturated carbocycles. The highest BCUT2D eigenvalue weighted by Gasteiger charge is 2.16. The first kappa shape index (κ1) is 15.2. The highest BCUT2D eigenvalue weighted by molar-refractivity contribution is 5.75. The molecule has 0 unspecified atom stereocenters. The predicted molar refractivity (Wildman–Crippen MR) is 79.6 cm³/mol. The number of nitrogens with one attached hydrogen (secondary N) is 3. The van der Waals surface area contributed by atoms with Crippen LogP contribution in [-0.2, 0) is 9.53 Å². The average Bonchev–Trinajstić information content (AvgIpc) is 2.55. The molecule has 21 heavy (non-hydrogen) atoms. The van der Waals surface area contributed by atoms with E-state index in [0.29, 0.717) is 44.0 Å². The van der Waals surface area contributed by atoms with E-state index in [2.05, 4.69) is 35.8 Å². The molecule has 1 fully saturated rings. The van der Waals surface area contributed by atoms with Gasteiger partial charge in [0.15, 0.2) is 0 Å². The van der Waals surface area contributed by atoms with E-state index in [1.54, 1.807) is 14.1 Å². The van der Waals surface area contributed by atoms with Crippen molar-refractivity contribution in [2.45, 2.75) is 6.42 Å². The largest absolute Gasteiger partial charge is 0.378 e. The van der Waals surface area contributed by atoms with Crippen LogP contribution in [0.25, 0.3) is 0 Å². The highest BCUT2D eigenvalue weighted by atomic mass is 16.5. The van der Waals surface area contributed by atoms with Crippen molar-refractivity contribution >= 4 is 23.8 Å². The fourth-order valence-electron chi connectivity index (χ4n) is 1.87. The van der Waals surface area contributed by atoms with Crippen LogP contribution in [-0.4, -0.2) is 67.8 Å². The van der Waals surface area contributed by atoms with Crippen molar-refractivity contribution < 1.29 is 9.53 Å². The first-order valence-electron chi connectivity index (χ1n) is 6.94. The van der Waals surface area contributed by atoms with Gasteiger partial charge < -0.3 is 25.6 Å². The fraction of sp³-hybridized carbons (Fsp3) is 0.667. The van der Waals surface area contributed by atoms with E-state index in [9.17, 15) is 4.79 Å². The fourth-order valence-corrected chi connectivity index (χ4v) is 1.87. The minimum Gasteiger partial charge on any atom is -0.378 e. The third-order valence-corrected chi connectivity index (χ3v) is 3.06. The molecule has 9 heteroatoms. The maximum atomic E-state index is 11.2. The summed E-state index contributed by atoms with van der Waals surface area (Å²) in [6.45, 7) is 3.31. The van der Waals surface area contributed by atoms with Crippen molar-refractivity contribution in [2.24, 2.45) is 0 Å². The van der Waals surface area contributed by atoms with Crippen LogP contribution in [0.2, 0.25) is 0 Å². The van der Waals surface area contributed by atoms with Crippen molar-refractivity contribution in [1.82, 2.24) is 20.3 Å². The van der Waals surface area contributed by atoms with E-state index in [4.69, 9.17) is 4.74 Å². The minimum atomic E-state index is -0.0289. The molecular formula is C12H21N7O2. The molecule has 0 spiro atoms. The number of ether oxygens (including phenoxy) is 1. The van der Waals surface area contributed by atoms with E-state index in [1.165, 1.54) is 0 Å². The molecule has 0 aromatic carbocycles. The van der Waals surface area contributed by atoms with Crippen molar-refractivity contribution in [3.63, 3.8) is 0 Å². The molecule has 1 aromatic rings. The highest BCUT2D eigenvalue weighted by Crippen LogP contribution is 2.14. The standard InChI is InChI=1S/C12H21N7O2/c1-13-9(20)3-4-15-11-16-10(14-2)17-12(18-11)19-5-7-21-8-6-19/h3-8H2,1-2H3,(H,13,20)(H2,14,15,16,17,18). The molecule has 1 amide bonds. The molecule has 0 radical (unpaired) electrons. The van der Waals surface area contributed by atoms with Gasteiger partial charge in [0.25, 0.3) is 0 Å². The van der Waals surface area contributed by atoms with Crippen molar-refractivity contribution in [1.29, 1.82) is 0 Å². The number of hydrogen-bond acceptors (Lipinski definition) is 8. The summed E-state index contributed by atoms with van der Waals surface area (Å²) in [4.78, 5) is 26.2. The summed E-state index contributed by atoms with van der Waals surface area (Å²) < 4.78 is 5.32. The molecule has 2 heterocycles. The molecule has 1 saturated heterocycles. The maximum absolute atomic E-state index is 11.2. The molecular weight excluding hydrogens is 274 g/mol. The lowest BCUT2D eigenvalue weighted by Crippen LogP contribution is -2.37. The summed E-state index contributed by atoms with van der Waals surface area (Å²) in [5.41, 5.74) is 0. The van der Waals surface area contributed by atoms with Gasteiger partial charge in [0.05, 0.1) is 13.2 Å². The van der Waals surface area contributed by atoms with E-state index < -0.39 is 0 Å². The zero-order valence-electron chi connectivity index (χ0n) is 12.3. The number of amides is 1. The molecule has 116 valence electrons. The van der Waals surface area contributed by atoms with Gasteiger partial charge in [0.2, 0.25) is 23.8 Å². The Bertz CT molecular complexity index is 477. The molecule has 1 aliphatic rings. The van der Waals surface area contributed by atoms with Gasteiger partial charge in [-0.2, -0.15) is 15.0 Å². The Balaban J connectivity index is 2.04. The summed E-state index contributed by atoms with van der Waals surface area (Å²) in [5, 5.41) is 8.53. The van der Waals surface area contributed by atoms with E-state index in [0.717, 1.165) is 13.1 Å². The van der Waals surface area contributed by atoms with Gasteiger partial charge in [-0.05, 0) is 0 Å². The number of morpholine rings is 1.